The van der Waals surface area contributed by atoms with Crippen molar-refractivity contribution in [3.8, 4) is 16.6 Å². The van der Waals surface area contributed by atoms with Gasteiger partial charge in [-0.1, -0.05) is 30.7 Å². The number of thioether (sulfide) groups is 1. The van der Waals surface area contributed by atoms with E-state index in [0.717, 1.165) is 43.5 Å². The van der Waals surface area contributed by atoms with Crippen molar-refractivity contribution < 1.29 is 18.0 Å². The molecule has 1 fully saturated rings. The van der Waals surface area contributed by atoms with Crippen molar-refractivity contribution in [3.05, 3.63) is 47.0 Å². The van der Waals surface area contributed by atoms with E-state index in [0.29, 0.717) is 10.7 Å². The first-order chi connectivity index (χ1) is 15.4. The Labute approximate surface area is 190 Å². The van der Waals surface area contributed by atoms with Gasteiger partial charge in [-0.05, 0) is 30.4 Å². The van der Waals surface area contributed by atoms with Gasteiger partial charge in [-0.25, -0.2) is 9.67 Å². The van der Waals surface area contributed by atoms with E-state index in [1.54, 1.807) is 40.5 Å². The highest BCUT2D eigenvalue weighted by Gasteiger charge is 2.36. The van der Waals surface area contributed by atoms with E-state index in [2.05, 4.69) is 15.4 Å². The van der Waals surface area contributed by atoms with Gasteiger partial charge in [0.15, 0.2) is 0 Å². The number of thiophene rings is 1. The van der Waals surface area contributed by atoms with Gasteiger partial charge in [-0.15, -0.1) is 11.3 Å². The number of amides is 1. The normalized spacial score (nSPS) is 14.4. The lowest BCUT2D eigenvalue weighted by Crippen LogP contribution is -2.19. The first kappa shape index (κ1) is 22.4. The number of nitrogens with one attached hydrogen (secondary N) is 1. The molecule has 0 spiro atoms. The molecule has 0 atom stereocenters. The average Bonchev–Trinajstić information content (AvgIpc) is 3.53. The SMILES string of the molecule is N#Cc1c(C(F)(F)F)cc(-c2cccs2)nc1SCC(=O)Nc1ccnn1C1CCCC1. The summed E-state index contributed by atoms with van der Waals surface area (Å²) >= 11 is 2.06. The molecule has 0 unspecified atom stereocenters. The summed E-state index contributed by atoms with van der Waals surface area (Å²) in [5.41, 5.74) is -1.51. The minimum atomic E-state index is -4.72. The molecular formula is C21H18F3N5OS2. The van der Waals surface area contributed by atoms with Crippen LogP contribution in [0.5, 0.6) is 0 Å². The molecule has 0 radical (unpaired) electrons. The van der Waals surface area contributed by atoms with Crippen molar-refractivity contribution in [2.75, 3.05) is 11.1 Å². The third kappa shape index (κ3) is 4.81. The zero-order chi connectivity index (χ0) is 22.7. The van der Waals surface area contributed by atoms with Crippen LogP contribution >= 0.6 is 23.1 Å². The fourth-order valence-corrected chi connectivity index (χ4v) is 5.16. The summed E-state index contributed by atoms with van der Waals surface area (Å²) in [6.45, 7) is 0. The Bertz CT molecular complexity index is 1150. The molecule has 1 N–H and O–H groups in total. The Hall–Kier alpha value is -2.84. The molecule has 0 aromatic carbocycles. The second kappa shape index (κ2) is 9.34. The summed E-state index contributed by atoms with van der Waals surface area (Å²) in [7, 11) is 0. The molecule has 3 aromatic heterocycles. The van der Waals surface area contributed by atoms with Gasteiger partial charge in [-0.3, -0.25) is 4.79 Å². The van der Waals surface area contributed by atoms with Crippen LogP contribution in [0.25, 0.3) is 10.6 Å². The molecule has 0 saturated heterocycles. The largest absolute Gasteiger partial charge is 0.417 e. The van der Waals surface area contributed by atoms with Gasteiger partial charge < -0.3 is 5.32 Å². The van der Waals surface area contributed by atoms with E-state index in [1.165, 1.54) is 11.3 Å². The van der Waals surface area contributed by atoms with Crippen molar-refractivity contribution in [3.63, 3.8) is 0 Å². The number of alkyl halides is 3. The Morgan fingerprint density at radius 1 is 1.34 bits per heavy atom. The predicted octanol–water partition coefficient (Wildman–Crippen LogP) is 5.74. The second-order valence-electron chi connectivity index (χ2n) is 7.26. The maximum absolute atomic E-state index is 13.6. The highest BCUT2D eigenvalue weighted by atomic mass is 32.2. The molecule has 1 aliphatic rings. The number of rotatable bonds is 6. The van der Waals surface area contributed by atoms with Crippen LogP contribution in [-0.4, -0.2) is 26.4 Å². The topological polar surface area (TPSA) is 83.6 Å². The zero-order valence-electron chi connectivity index (χ0n) is 16.7. The molecule has 0 aliphatic heterocycles. The summed E-state index contributed by atoms with van der Waals surface area (Å²) < 4.78 is 42.6. The predicted molar refractivity (Wildman–Crippen MR) is 116 cm³/mol. The van der Waals surface area contributed by atoms with Crippen LogP contribution in [0.15, 0.2) is 40.9 Å². The minimum absolute atomic E-state index is 0.119. The zero-order valence-corrected chi connectivity index (χ0v) is 18.4. The van der Waals surface area contributed by atoms with Crippen LogP contribution in [0.2, 0.25) is 0 Å². The number of pyridine rings is 1. The molecule has 3 heterocycles. The lowest BCUT2D eigenvalue weighted by molar-refractivity contribution is -0.138. The van der Waals surface area contributed by atoms with E-state index in [4.69, 9.17) is 0 Å². The van der Waals surface area contributed by atoms with Crippen molar-refractivity contribution in [2.45, 2.75) is 42.9 Å². The molecule has 6 nitrogen and oxygen atoms in total. The van der Waals surface area contributed by atoms with E-state index < -0.39 is 23.2 Å². The van der Waals surface area contributed by atoms with Gasteiger partial charge in [-0.2, -0.15) is 23.5 Å². The summed E-state index contributed by atoms with van der Waals surface area (Å²) in [6, 6.07) is 7.79. The molecule has 4 rings (SSSR count). The fraction of sp³-hybridized carbons (Fsp3) is 0.333. The van der Waals surface area contributed by atoms with Gasteiger partial charge in [0.2, 0.25) is 5.91 Å². The Balaban J connectivity index is 1.55. The molecule has 166 valence electrons. The number of hydrogen-bond donors (Lipinski definition) is 1. The van der Waals surface area contributed by atoms with Crippen LogP contribution < -0.4 is 5.32 Å². The lowest BCUT2D eigenvalue weighted by Gasteiger charge is -2.15. The summed E-state index contributed by atoms with van der Waals surface area (Å²) in [5, 5.41) is 18.1. The van der Waals surface area contributed by atoms with Crippen molar-refractivity contribution in [2.24, 2.45) is 0 Å². The van der Waals surface area contributed by atoms with Gasteiger partial charge >= 0.3 is 6.18 Å². The van der Waals surface area contributed by atoms with Crippen molar-refractivity contribution in [1.29, 1.82) is 5.26 Å². The molecule has 1 saturated carbocycles. The number of halogens is 3. The number of anilines is 1. The Morgan fingerprint density at radius 2 is 2.12 bits per heavy atom. The quantitative estimate of drug-likeness (QED) is 0.458. The highest BCUT2D eigenvalue weighted by Crippen LogP contribution is 2.38. The van der Waals surface area contributed by atoms with E-state index in [-0.39, 0.29) is 22.5 Å². The molecule has 0 bridgehead atoms. The van der Waals surface area contributed by atoms with Crippen molar-refractivity contribution in [1.82, 2.24) is 14.8 Å². The summed E-state index contributed by atoms with van der Waals surface area (Å²) in [6.07, 6.45) is 1.09. The highest BCUT2D eigenvalue weighted by molar-refractivity contribution is 8.00. The number of nitrogens with zero attached hydrogens (tertiary/aromatic N) is 4. The van der Waals surface area contributed by atoms with Gasteiger partial charge in [0.05, 0.1) is 39.7 Å². The third-order valence-corrected chi connectivity index (χ3v) is 6.99. The van der Waals surface area contributed by atoms with E-state index in [1.807, 2.05) is 0 Å². The fourth-order valence-electron chi connectivity index (χ4n) is 3.67. The maximum atomic E-state index is 13.6. The first-order valence-electron chi connectivity index (χ1n) is 9.89. The van der Waals surface area contributed by atoms with E-state index >= 15 is 0 Å². The van der Waals surface area contributed by atoms with Crippen LogP contribution in [0.4, 0.5) is 19.0 Å². The monoisotopic (exact) mass is 477 g/mol. The lowest BCUT2D eigenvalue weighted by atomic mass is 10.1. The minimum Gasteiger partial charge on any atom is -0.310 e. The second-order valence-corrected chi connectivity index (χ2v) is 9.17. The van der Waals surface area contributed by atoms with Crippen molar-refractivity contribution >= 4 is 34.8 Å². The van der Waals surface area contributed by atoms with Gasteiger partial charge in [0, 0.05) is 6.07 Å². The Morgan fingerprint density at radius 3 is 2.78 bits per heavy atom. The number of carbonyl (C=O) groups excluding carboxylic acids is 1. The van der Waals surface area contributed by atoms with E-state index in [9.17, 15) is 23.2 Å². The number of nitriles is 1. The Kier molecular flexibility index (Phi) is 6.53. The molecule has 11 heteroatoms. The summed E-state index contributed by atoms with van der Waals surface area (Å²) in [5.74, 6) is -0.0438. The molecule has 32 heavy (non-hydrogen) atoms. The number of hydrogen-bond acceptors (Lipinski definition) is 6. The van der Waals surface area contributed by atoms with Gasteiger partial charge in [0.1, 0.15) is 16.9 Å². The third-order valence-electron chi connectivity index (χ3n) is 5.13. The van der Waals surface area contributed by atoms with Crippen LogP contribution in [0.1, 0.15) is 42.9 Å². The maximum Gasteiger partial charge on any atom is 0.417 e. The molecule has 1 aliphatic carbocycles. The average molecular weight is 478 g/mol. The number of aromatic nitrogens is 3. The molecule has 3 aromatic rings. The molecule has 1 amide bonds. The van der Waals surface area contributed by atoms with Crippen LogP contribution in [-0.2, 0) is 11.0 Å². The standard InChI is InChI=1S/C21H18F3N5OS2/c22-21(23,24)15-10-16(17-6-3-9-31-17)27-20(14(15)11-25)32-12-19(30)28-18-7-8-26-29(18)13-4-1-2-5-13/h3,6-10,13H,1-2,4-5,12H2,(H,28,30). The smallest absolute Gasteiger partial charge is 0.310 e. The first-order valence-corrected chi connectivity index (χ1v) is 11.8. The molecular weight excluding hydrogens is 459 g/mol. The number of carbonyl (C=O) groups is 1. The van der Waals surface area contributed by atoms with Gasteiger partial charge in [0.25, 0.3) is 0 Å². The van der Waals surface area contributed by atoms with Crippen LogP contribution in [0.3, 0.4) is 0 Å². The summed E-state index contributed by atoms with van der Waals surface area (Å²) in [4.78, 5) is 17.4. The van der Waals surface area contributed by atoms with Crippen LogP contribution in [0, 0.1) is 11.3 Å².